The fourth-order valence-corrected chi connectivity index (χ4v) is 5.48. The predicted octanol–water partition coefficient (Wildman–Crippen LogP) is 4.36. The van der Waals surface area contributed by atoms with Crippen LogP contribution in [0.1, 0.15) is 31.4 Å². The highest BCUT2D eigenvalue weighted by Gasteiger charge is 2.28. The highest BCUT2D eigenvalue weighted by molar-refractivity contribution is 7.98. The first-order valence-electron chi connectivity index (χ1n) is 10.9. The zero-order valence-corrected chi connectivity index (χ0v) is 21.1. The number of carbonyl (C=O) groups is 2. The summed E-state index contributed by atoms with van der Waals surface area (Å²) in [4.78, 5) is 35.4. The Morgan fingerprint density at radius 3 is 2.26 bits per heavy atom. The minimum Gasteiger partial charge on any atom is -0.497 e. The molecule has 1 aromatic heterocycles. The molecule has 0 radical (unpaired) electrons. The van der Waals surface area contributed by atoms with Gasteiger partial charge in [-0.3, -0.25) is 9.59 Å². The molecule has 0 spiro atoms. The van der Waals surface area contributed by atoms with E-state index >= 15 is 0 Å². The van der Waals surface area contributed by atoms with Gasteiger partial charge in [0.1, 0.15) is 11.5 Å². The highest BCUT2D eigenvalue weighted by Crippen LogP contribution is 2.29. The van der Waals surface area contributed by atoms with Crippen LogP contribution in [-0.4, -0.2) is 67.0 Å². The van der Waals surface area contributed by atoms with E-state index in [4.69, 9.17) is 9.47 Å². The lowest BCUT2D eigenvalue weighted by Gasteiger charge is -2.35. The predicted molar refractivity (Wildman–Crippen MR) is 134 cm³/mol. The fourth-order valence-electron chi connectivity index (χ4n) is 3.82. The van der Waals surface area contributed by atoms with Gasteiger partial charge in [-0.1, -0.05) is 12.1 Å². The number of aromatic nitrogens is 1. The van der Waals surface area contributed by atoms with Gasteiger partial charge in [-0.25, -0.2) is 4.98 Å². The van der Waals surface area contributed by atoms with Crippen molar-refractivity contribution in [2.24, 2.45) is 0 Å². The third-order valence-electron chi connectivity index (χ3n) is 5.65. The highest BCUT2D eigenvalue weighted by atomic mass is 32.2. The first-order valence-corrected chi connectivity index (χ1v) is 12.8. The first-order chi connectivity index (χ1) is 16.5. The van der Waals surface area contributed by atoms with Gasteiger partial charge in [-0.2, -0.15) is 0 Å². The number of rotatable bonds is 7. The molecule has 1 aliphatic rings. The van der Waals surface area contributed by atoms with E-state index in [-0.39, 0.29) is 11.8 Å². The van der Waals surface area contributed by atoms with Crippen molar-refractivity contribution in [2.75, 3.05) is 40.4 Å². The molecule has 2 aromatic carbocycles. The second-order valence-electron chi connectivity index (χ2n) is 7.79. The van der Waals surface area contributed by atoms with E-state index in [1.165, 1.54) is 7.11 Å². The summed E-state index contributed by atoms with van der Waals surface area (Å²) in [6.07, 6.45) is 0. The van der Waals surface area contributed by atoms with Crippen LogP contribution in [0, 0.1) is 6.92 Å². The third-order valence-corrected chi connectivity index (χ3v) is 7.58. The number of hydrogen-bond acceptors (Lipinski definition) is 7. The normalized spacial score (nSPS) is 13.6. The van der Waals surface area contributed by atoms with Crippen LogP contribution in [0.5, 0.6) is 11.5 Å². The number of aryl methyl sites for hydroxylation is 1. The Hall–Kier alpha value is -3.04. The zero-order chi connectivity index (χ0) is 24.1. The number of benzene rings is 2. The van der Waals surface area contributed by atoms with Gasteiger partial charge in [-0.15, -0.1) is 23.1 Å². The smallest absolute Gasteiger partial charge is 0.257 e. The van der Waals surface area contributed by atoms with Crippen LogP contribution in [0.4, 0.5) is 0 Å². The second-order valence-corrected chi connectivity index (χ2v) is 9.87. The number of piperazine rings is 1. The number of thiazole rings is 1. The van der Waals surface area contributed by atoms with E-state index in [1.54, 1.807) is 53.3 Å². The summed E-state index contributed by atoms with van der Waals surface area (Å²) in [5.74, 6) is 1.71. The third kappa shape index (κ3) is 5.37. The average Bonchev–Trinajstić information content (AvgIpc) is 3.31. The Kier molecular flexibility index (Phi) is 7.74. The molecule has 0 saturated carbocycles. The van der Waals surface area contributed by atoms with Crippen molar-refractivity contribution in [1.29, 1.82) is 0 Å². The number of carbonyl (C=O) groups excluding carboxylic acids is 2. The van der Waals surface area contributed by atoms with Crippen LogP contribution in [0.3, 0.4) is 0 Å². The van der Waals surface area contributed by atoms with Crippen molar-refractivity contribution in [3.8, 4) is 11.5 Å². The van der Waals surface area contributed by atoms with Gasteiger partial charge in [-0.05, 0) is 31.2 Å². The van der Waals surface area contributed by atoms with E-state index in [0.717, 1.165) is 21.3 Å². The van der Waals surface area contributed by atoms with Crippen LogP contribution in [-0.2, 0) is 5.75 Å². The van der Waals surface area contributed by atoms with Crippen LogP contribution in [0.25, 0.3) is 0 Å². The van der Waals surface area contributed by atoms with E-state index in [0.29, 0.717) is 48.8 Å². The van der Waals surface area contributed by atoms with Crippen molar-refractivity contribution in [2.45, 2.75) is 17.6 Å². The number of nitrogens with zero attached hydrogens (tertiary/aromatic N) is 3. The second kappa shape index (κ2) is 10.9. The van der Waals surface area contributed by atoms with Crippen molar-refractivity contribution >= 4 is 34.9 Å². The maximum Gasteiger partial charge on any atom is 0.257 e. The molecule has 0 bridgehead atoms. The summed E-state index contributed by atoms with van der Waals surface area (Å²) >= 11 is 3.26. The van der Waals surface area contributed by atoms with Crippen LogP contribution >= 0.6 is 23.1 Å². The quantitative estimate of drug-likeness (QED) is 0.452. The molecule has 1 saturated heterocycles. The molecule has 178 valence electrons. The molecule has 2 heterocycles. The van der Waals surface area contributed by atoms with Gasteiger partial charge in [0.15, 0.2) is 0 Å². The van der Waals surface area contributed by atoms with Gasteiger partial charge in [0.25, 0.3) is 11.8 Å². The molecule has 0 N–H and O–H groups in total. The van der Waals surface area contributed by atoms with Crippen LogP contribution < -0.4 is 9.47 Å². The van der Waals surface area contributed by atoms with E-state index < -0.39 is 0 Å². The van der Waals surface area contributed by atoms with Gasteiger partial charge >= 0.3 is 0 Å². The van der Waals surface area contributed by atoms with Crippen molar-refractivity contribution < 1.29 is 19.1 Å². The lowest BCUT2D eigenvalue weighted by Crippen LogP contribution is -2.50. The molecule has 4 rings (SSSR count). The summed E-state index contributed by atoms with van der Waals surface area (Å²) in [5.41, 5.74) is 2.20. The van der Waals surface area contributed by atoms with Crippen LogP contribution in [0.15, 0.2) is 52.7 Å². The zero-order valence-electron chi connectivity index (χ0n) is 19.4. The fraction of sp³-hybridized carbons (Fsp3) is 0.320. The number of thioether (sulfide) groups is 1. The summed E-state index contributed by atoms with van der Waals surface area (Å²) in [6, 6.07) is 12.9. The van der Waals surface area contributed by atoms with E-state index in [2.05, 4.69) is 10.4 Å². The monoisotopic (exact) mass is 497 g/mol. The van der Waals surface area contributed by atoms with Gasteiger partial charge in [0, 0.05) is 48.3 Å². The molecular formula is C25H27N3O4S2. The van der Waals surface area contributed by atoms with E-state index in [1.807, 2.05) is 36.1 Å². The molecule has 7 nitrogen and oxygen atoms in total. The maximum absolute atomic E-state index is 13.3. The Labute approximate surface area is 207 Å². The molecule has 0 unspecified atom stereocenters. The molecule has 3 aromatic rings. The number of hydrogen-bond donors (Lipinski definition) is 0. The van der Waals surface area contributed by atoms with Gasteiger partial charge in [0.05, 0.1) is 36.0 Å². The molecule has 9 heteroatoms. The number of methoxy groups -OCH3 is 2. The molecule has 1 fully saturated rings. The first kappa shape index (κ1) is 24.1. The summed E-state index contributed by atoms with van der Waals surface area (Å²) in [5, 5.41) is 3.10. The molecular weight excluding hydrogens is 470 g/mol. The largest absolute Gasteiger partial charge is 0.497 e. The molecule has 1 aliphatic heterocycles. The van der Waals surface area contributed by atoms with Crippen molar-refractivity contribution in [3.63, 3.8) is 0 Å². The Morgan fingerprint density at radius 1 is 0.971 bits per heavy atom. The molecule has 34 heavy (non-hydrogen) atoms. The van der Waals surface area contributed by atoms with Gasteiger partial charge in [0.2, 0.25) is 0 Å². The van der Waals surface area contributed by atoms with Crippen LogP contribution in [0.2, 0.25) is 0 Å². The standard InChI is InChI=1S/C25H27N3O4S2/c1-17-26-18(15-33-17)16-34-23-7-5-4-6-21(23)25(30)28-12-10-27(11-13-28)24(29)20-9-8-19(31-2)14-22(20)32-3/h4-9,14-15H,10-13,16H2,1-3H3. The molecule has 0 aliphatic carbocycles. The average molecular weight is 498 g/mol. The van der Waals surface area contributed by atoms with Crippen molar-refractivity contribution in [3.05, 3.63) is 69.7 Å². The lowest BCUT2D eigenvalue weighted by molar-refractivity contribution is 0.0531. The SMILES string of the molecule is COc1ccc(C(=O)N2CCN(C(=O)c3ccccc3SCc3csc(C)n3)CC2)c(OC)c1. The van der Waals surface area contributed by atoms with Gasteiger partial charge < -0.3 is 19.3 Å². The lowest BCUT2D eigenvalue weighted by atomic mass is 10.1. The Balaban J connectivity index is 1.40. The number of ether oxygens (including phenoxy) is 2. The Bertz CT molecular complexity index is 1170. The Morgan fingerprint density at radius 2 is 1.65 bits per heavy atom. The molecule has 2 amide bonds. The van der Waals surface area contributed by atoms with E-state index in [9.17, 15) is 9.59 Å². The maximum atomic E-state index is 13.3. The number of amides is 2. The van der Waals surface area contributed by atoms with Crippen molar-refractivity contribution in [1.82, 2.24) is 14.8 Å². The minimum absolute atomic E-state index is 0.00770. The molecule has 0 atom stereocenters. The summed E-state index contributed by atoms with van der Waals surface area (Å²) in [6.45, 7) is 3.88. The summed E-state index contributed by atoms with van der Waals surface area (Å²) < 4.78 is 10.6. The topological polar surface area (TPSA) is 72.0 Å². The minimum atomic E-state index is -0.110. The summed E-state index contributed by atoms with van der Waals surface area (Å²) in [7, 11) is 3.11.